The molecule has 0 fully saturated rings. The molecule has 0 aliphatic heterocycles. The SMILES string of the molecule is CCCc1ccc(C2=CCc3cc(OC(F)(F)F)ccc3C2)cc1. The fraction of sp³-hybridized carbons (Fsp3) is 0.300. The van der Waals surface area contributed by atoms with Crippen LogP contribution in [0.15, 0.2) is 48.5 Å². The highest BCUT2D eigenvalue weighted by Crippen LogP contribution is 2.31. The minimum atomic E-state index is -4.65. The minimum Gasteiger partial charge on any atom is -0.406 e. The lowest BCUT2D eigenvalue weighted by molar-refractivity contribution is -0.274. The summed E-state index contributed by atoms with van der Waals surface area (Å²) in [6.45, 7) is 2.16. The lowest BCUT2D eigenvalue weighted by atomic mass is 9.87. The Labute approximate surface area is 139 Å². The summed E-state index contributed by atoms with van der Waals surface area (Å²) in [5.74, 6) is -0.151. The molecule has 2 aromatic carbocycles. The highest BCUT2D eigenvalue weighted by atomic mass is 19.4. The van der Waals surface area contributed by atoms with E-state index >= 15 is 0 Å². The van der Waals surface area contributed by atoms with Crippen LogP contribution < -0.4 is 4.74 Å². The van der Waals surface area contributed by atoms with Crippen molar-refractivity contribution >= 4 is 5.57 Å². The van der Waals surface area contributed by atoms with Crippen LogP contribution in [0.1, 0.15) is 35.6 Å². The van der Waals surface area contributed by atoms with Crippen molar-refractivity contribution in [3.05, 3.63) is 70.8 Å². The summed E-state index contributed by atoms with van der Waals surface area (Å²) in [6, 6.07) is 13.2. The molecule has 0 amide bonds. The molecular formula is C20H19F3O. The third-order valence-electron chi connectivity index (χ3n) is 4.22. The molecular weight excluding hydrogens is 313 g/mol. The van der Waals surface area contributed by atoms with Crippen molar-refractivity contribution in [2.45, 2.75) is 39.0 Å². The third-order valence-corrected chi connectivity index (χ3v) is 4.22. The smallest absolute Gasteiger partial charge is 0.406 e. The molecule has 0 N–H and O–H groups in total. The van der Waals surface area contributed by atoms with Gasteiger partial charge in [-0.25, -0.2) is 0 Å². The topological polar surface area (TPSA) is 9.23 Å². The van der Waals surface area contributed by atoms with E-state index in [1.165, 1.54) is 28.8 Å². The number of halogens is 3. The van der Waals surface area contributed by atoms with Crippen molar-refractivity contribution in [2.75, 3.05) is 0 Å². The van der Waals surface area contributed by atoms with Gasteiger partial charge in [0.15, 0.2) is 0 Å². The van der Waals surface area contributed by atoms with E-state index in [4.69, 9.17) is 0 Å². The first-order valence-electron chi connectivity index (χ1n) is 8.10. The van der Waals surface area contributed by atoms with Crippen molar-refractivity contribution in [3.63, 3.8) is 0 Å². The molecule has 3 rings (SSSR count). The van der Waals surface area contributed by atoms with Crippen LogP contribution in [0, 0.1) is 0 Å². The van der Waals surface area contributed by atoms with E-state index in [0.717, 1.165) is 30.4 Å². The van der Waals surface area contributed by atoms with Gasteiger partial charge >= 0.3 is 6.36 Å². The first-order chi connectivity index (χ1) is 11.4. The Morgan fingerprint density at radius 3 is 2.42 bits per heavy atom. The predicted molar refractivity (Wildman–Crippen MR) is 88.9 cm³/mol. The molecule has 0 heterocycles. The molecule has 0 unspecified atom stereocenters. The maximum atomic E-state index is 12.3. The standard InChI is InChI=1S/C20H19F3O/c1-2-3-14-4-6-15(7-5-14)16-8-9-18-13-19(24-20(21,22)23)11-10-17(18)12-16/h4-8,10-11,13H,2-3,9,12H2,1H3. The Bertz CT molecular complexity index is 742. The average Bonchev–Trinajstić information content (AvgIpc) is 2.54. The van der Waals surface area contributed by atoms with Gasteiger partial charge < -0.3 is 4.74 Å². The molecule has 1 aliphatic rings. The Morgan fingerprint density at radius 2 is 1.75 bits per heavy atom. The molecule has 0 radical (unpaired) electrons. The van der Waals surface area contributed by atoms with Crippen LogP contribution in [-0.2, 0) is 19.3 Å². The molecule has 0 saturated carbocycles. The number of aryl methyl sites for hydroxylation is 1. The van der Waals surface area contributed by atoms with E-state index in [-0.39, 0.29) is 5.75 Å². The molecule has 126 valence electrons. The summed E-state index contributed by atoms with van der Waals surface area (Å²) in [5, 5.41) is 0. The first kappa shape index (κ1) is 16.6. The van der Waals surface area contributed by atoms with Crippen LogP contribution in [0.2, 0.25) is 0 Å². The second-order valence-corrected chi connectivity index (χ2v) is 6.04. The molecule has 0 spiro atoms. The Kier molecular flexibility index (Phi) is 4.65. The predicted octanol–water partition coefficient (Wildman–Crippen LogP) is 5.72. The quantitative estimate of drug-likeness (QED) is 0.696. The second-order valence-electron chi connectivity index (χ2n) is 6.04. The van der Waals surface area contributed by atoms with E-state index < -0.39 is 6.36 Å². The van der Waals surface area contributed by atoms with E-state index in [1.807, 2.05) is 0 Å². The number of hydrogen-bond donors (Lipinski definition) is 0. The van der Waals surface area contributed by atoms with Crippen LogP contribution in [0.5, 0.6) is 5.75 Å². The van der Waals surface area contributed by atoms with Gasteiger partial charge in [0.05, 0.1) is 0 Å². The van der Waals surface area contributed by atoms with E-state index in [1.54, 1.807) is 6.07 Å². The first-order valence-corrected chi connectivity index (χ1v) is 8.10. The van der Waals surface area contributed by atoms with Crippen molar-refractivity contribution < 1.29 is 17.9 Å². The number of hydrogen-bond acceptors (Lipinski definition) is 1. The largest absolute Gasteiger partial charge is 0.573 e. The number of ether oxygens (including phenoxy) is 1. The zero-order valence-corrected chi connectivity index (χ0v) is 13.5. The molecule has 0 saturated heterocycles. The van der Waals surface area contributed by atoms with Crippen molar-refractivity contribution in [3.8, 4) is 5.75 Å². The number of alkyl halides is 3. The molecule has 0 aromatic heterocycles. The van der Waals surface area contributed by atoms with Crippen LogP contribution in [0.25, 0.3) is 5.57 Å². The normalized spacial score (nSPS) is 14.1. The van der Waals surface area contributed by atoms with Crippen molar-refractivity contribution in [1.29, 1.82) is 0 Å². The summed E-state index contributed by atoms with van der Waals surface area (Å²) in [5.41, 5.74) is 5.67. The number of fused-ring (bicyclic) bond motifs is 1. The van der Waals surface area contributed by atoms with Crippen molar-refractivity contribution in [2.24, 2.45) is 0 Å². The minimum absolute atomic E-state index is 0.151. The fourth-order valence-electron chi connectivity index (χ4n) is 3.07. The van der Waals surface area contributed by atoms with Gasteiger partial charge in [-0.05, 0) is 59.2 Å². The highest BCUT2D eigenvalue weighted by molar-refractivity contribution is 5.71. The van der Waals surface area contributed by atoms with Gasteiger partial charge in [-0.2, -0.15) is 0 Å². The van der Waals surface area contributed by atoms with Crippen LogP contribution >= 0.6 is 0 Å². The fourth-order valence-corrected chi connectivity index (χ4v) is 3.07. The maximum absolute atomic E-state index is 12.3. The average molecular weight is 332 g/mol. The summed E-state index contributed by atoms with van der Waals surface area (Å²) in [7, 11) is 0. The van der Waals surface area contributed by atoms with Crippen LogP contribution in [0.3, 0.4) is 0 Å². The summed E-state index contributed by atoms with van der Waals surface area (Å²) in [6.07, 6.45) is 0.992. The van der Waals surface area contributed by atoms with E-state index in [0.29, 0.717) is 6.42 Å². The monoisotopic (exact) mass is 332 g/mol. The molecule has 4 heteroatoms. The van der Waals surface area contributed by atoms with Gasteiger partial charge in [-0.3, -0.25) is 0 Å². The van der Waals surface area contributed by atoms with Gasteiger partial charge in [0.1, 0.15) is 5.75 Å². The van der Waals surface area contributed by atoms with Gasteiger partial charge in [0.25, 0.3) is 0 Å². The molecule has 24 heavy (non-hydrogen) atoms. The number of benzene rings is 2. The summed E-state index contributed by atoms with van der Waals surface area (Å²) < 4.78 is 40.9. The molecule has 1 nitrogen and oxygen atoms in total. The zero-order valence-electron chi connectivity index (χ0n) is 13.5. The van der Waals surface area contributed by atoms with Gasteiger partial charge in [0, 0.05) is 0 Å². The zero-order chi connectivity index (χ0) is 17.2. The van der Waals surface area contributed by atoms with E-state index in [9.17, 15) is 13.2 Å². The number of allylic oxidation sites excluding steroid dienone is 2. The highest BCUT2D eigenvalue weighted by Gasteiger charge is 2.31. The molecule has 0 atom stereocenters. The third kappa shape index (κ3) is 3.99. The van der Waals surface area contributed by atoms with Crippen LogP contribution in [-0.4, -0.2) is 6.36 Å². The van der Waals surface area contributed by atoms with Gasteiger partial charge in [-0.1, -0.05) is 49.8 Å². The molecule has 0 bridgehead atoms. The molecule has 1 aliphatic carbocycles. The lowest BCUT2D eigenvalue weighted by Crippen LogP contribution is -2.17. The Hall–Kier alpha value is -2.23. The Balaban J connectivity index is 1.76. The van der Waals surface area contributed by atoms with Gasteiger partial charge in [0.2, 0.25) is 0 Å². The molecule has 2 aromatic rings. The summed E-state index contributed by atoms with van der Waals surface area (Å²) in [4.78, 5) is 0. The number of rotatable bonds is 4. The van der Waals surface area contributed by atoms with Gasteiger partial charge in [-0.15, -0.1) is 13.2 Å². The van der Waals surface area contributed by atoms with E-state index in [2.05, 4.69) is 42.0 Å². The maximum Gasteiger partial charge on any atom is 0.573 e. The lowest BCUT2D eigenvalue weighted by Gasteiger charge is -2.19. The van der Waals surface area contributed by atoms with Crippen molar-refractivity contribution in [1.82, 2.24) is 0 Å². The Morgan fingerprint density at radius 1 is 1.00 bits per heavy atom. The second kappa shape index (κ2) is 6.71. The van der Waals surface area contributed by atoms with Crippen LogP contribution in [0.4, 0.5) is 13.2 Å². The summed E-state index contributed by atoms with van der Waals surface area (Å²) >= 11 is 0.